The number of aromatic nitrogens is 1. The third kappa shape index (κ3) is 5.64. The monoisotopic (exact) mass is 339 g/mol. The molecule has 1 aromatic heterocycles. The number of benzene rings is 1. The van der Waals surface area contributed by atoms with Gasteiger partial charge in [-0.25, -0.2) is 9.78 Å². The van der Waals surface area contributed by atoms with Crippen molar-refractivity contribution in [1.29, 1.82) is 0 Å². The standard InChI is InChI=1S/C20H21NO4/c22-20(24-14-16-6-2-1-3-7-16)15-23-17-9-11-18(12-10-17)25-19-8-4-5-13-21-19/h1-2,4-5,8-13,16H,3,6-7,14-15H2. The van der Waals surface area contributed by atoms with Crippen molar-refractivity contribution in [1.82, 2.24) is 4.98 Å². The molecule has 0 amide bonds. The van der Waals surface area contributed by atoms with Crippen molar-refractivity contribution < 1.29 is 19.0 Å². The van der Waals surface area contributed by atoms with Gasteiger partial charge in [-0.3, -0.25) is 0 Å². The Morgan fingerprint density at radius 3 is 2.64 bits per heavy atom. The van der Waals surface area contributed by atoms with Crippen LogP contribution >= 0.6 is 0 Å². The van der Waals surface area contributed by atoms with Crippen LogP contribution in [0.25, 0.3) is 0 Å². The molecule has 5 heteroatoms. The summed E-state index contributed by atoms with van der Waals surface area (Å²) >= 11 is 0. The molecule has 130 valence electrons. The number of carbonyl (C=O) groups is 1. The van der Waals surface area contributed by atoms with Crippen LogP contribution in [-0.4, -0.2) is 24.2 Å². The number of ether oxygens (including phenoxy) is 3. The first-order chi connectivity index (χ1) is 12.3. The van der Waals surface area contributed by atoms with E-state index in [0.717, 1.165) is 19.3 Å². The summed E-state index contributed by atoms with van der Waals surface area (Å²) in [6.07, 6.45) is 9.09. The lowest BCUT2D eigenvalue weighted by Crippen LogP contribution is -2.19. The van der Waals surface area contributed by atoms with Crippen LogP contribution in [0.2, 0.25) is 0 Å². The fourth-order valence-electron chi connectivity index (χ4n) is 2.53. The molecule has 0 spiro atoms. The molecule has 0 saturated carbocycles. The molecular weight excluding hydrogens is 318 g/mol. The number of carbonyl (C=O) groups excluding carboxylic acids is 1. The summed E-state index contributed by atoms with van der Waals surface area (Å²) in [5, 5.41) is 0. The van der Waals surface area contributed by atoms with Crippen molar-refractivity contribution in [2.45, 2.75) is 19.3 Å². The van der Waals surface area contributed by atoms with Crippen molar-refractivity contribution in [3.63, 3.8) is 0 Å². The normalized spacial score (nSPS) is 16.2. The van der Waals surface area contributed by atoms with Crippen molar-refractivity contribution in [2.24, 2.45) is 5.92 Å². The highest BCUT2D eigenvalue weighted by Crippen LogP contribution is 2.22. The van der Waals surface area contributed by atoms with E-state index in [9.17, 15) is 4.79 Å². The predicted molar refractivity (Wildman–Crippen MR) is 93.7 cm³/mol. The average molecular weight is 339 g/mol. The van der Waals surface area contributed by atoms with Crippen LogP contribution < -0.4 is 9.47 Å². The molecule has 2 aromatic rings. The Balaban J connectivity index is 1.40. The Morgan fingerprint density at radius 2 is 1.92 bits per heavy atom. The highest BCUT2D eigenvalue weighted by molar-refractivity contribution is 5.71. The highest BCUT2D eigenvalue weighted by Gasteiger charge is 2.13. The van der Waals surface area contributed by atoms with Crippen LogP contribution in [-0.2, 0) is 9.53 Å². The summed E-state index contributed by atoms with van der Waals surface area (Å²) in [5.74, 6) is 1.85. The van der Waals surface area contributed by atoms with E-state index in [2.05, 4.69) is 17.1 Å². The molecule has 1 atom stereocenters. The summed E-state index contributed by atoms with van der Waals surface area (Å²) in [6, 6.07) is 12.5. The third-order valence-electron chi connectivity index (χ3n) is 3.90. The average Bonchev–Trinajstić information content (AvgIpc) is 2.67. The SMILES string of the molecule is O=C(COc1ccc(Oc2ccccn2)cc1)OCC1CC=CCC1. The van der Waals surface area contributed by atoms with E-state index in [1.54, 1.807) is 36.5 Å². The molecule has 0 radical (unpaired) electrons. The highest BCUT2D eigenvalue weighted by atomic mass is 16.6. The number of esters is 1. The summed E-state index contributed by atoms with van der Waals surface area (Å²) in [5.41, 5.74) is 0. The van der Waals surface area contributed by atoms with Crippen LogP contribution in [0, 0.1) is 5.92 Å². The zero-order valence-electron chi connectivity index (χ0n) is 14.0. The quantitative estimate of drug-likeness (QED) is 0.560. The smallest absolute Gasteiger partial charge is 0.344 e. The molecule has 1 unspecified atom stereocenters. The largest absolute Gasteiger partial charge is 0.482 e. The minimum Gasteiger partial charge on any atom is -0.482 e. The van der Waals surface area contributed by atoms with Crippen LogP contribution in [0.5, 0.6) is 17.4 Å². The summed E-state index contributed by atoms with van der Waals surface area (Å²) in [7, 11) is 0. The predicted octanol–water partition coefficient (Wildman–Crippen LogP) is 4.15. The number of rotatable bonds is 7. The van der Waals surface area contributed by atoms with Crippen molar-refractivity contribution in [3.05, 3.63) is 60.8 Å². The number of hydrogen-bond donors (Lipinski definition) is 0. The molecule has 3 rings (SSSR count). The summed E-state index contributed by atoms with van der Waals surface area (Å²) in [6.45, 7) is 0.367. The van der Waals surface area contributed by atoms with Crippen molar-refractivity contribution >= 4 is 5.97 Å². The van der Waals surface area contributed by atoms with Gasteiger partial charge in [-0.05, 0) is 55.5 Å². The van der Waals surface area contributed by atoms with E-state index in [1.807, 2.05) is 12.1 Å². The topological polar surface area (TPSA) is 57.7 Å². The van der Waals surface area contributed by atoms with Crippen molar-refractivity contribution in [3.8, 4) is 17.4 Å². The van der Waals surface area contributed by atoms with E-state index >= 15 is 0 Å². The molecule has 0 fully saturated rings. The Labute approximate surface area is 147 Å². The Morgan fingerprint density at radius 1 is 1.08 bits per heavy atom. The van der Waals surface area contributed by atoms with Gasteiger partial charge in [0, 0.05) is 12.3 Å². The maximum atomic E-state index is 11.8. The maximum absolute atomic E-state index is 11.8. The minimum atomic E-state index is -0.344. The Kier molecular flexibility index (Phi) is 6.04. The zero-order chi connectivity index (χ0) is 17.3. The van der Waals surface area contributed by atoms with Gasteiger partial charge in [0.15, 0.2) is 6.61 Å². The van der Waals surface area contributed by atoms with Gasteiger partial charge in [-0.2, -0.15) is 0 Å². The molecule has 0 bridgehead atoms. The van der Waals surface area contributed by atoms with E-state index in [-0.39, 0.29) is 12.6 Å². The van der Waals surface area contributed by atoms with Gasteiger partial charge in [-0.15, -0.1) is 0 Å². The van der Waals surface area contributed by atoms with E-state index in [4.69, 9.17) is 14.2 Å². The second-order valence-electron chi connectivity index (χ2n) is 5.86. The third-order valence-corrected chi connectivity index (χ3v) is 3.90. The van der Waals surface area contributed by atoms with Gasteiger partial charge in [0.1, 0.15) is 11.5 Å². The van der Waals surface area contributed by atoms with E-state index < -0.39 is 0 Å². The second-order valence-corrected chi connectivity index (χ2v) is 5.86. The molecule has 1 aromatic carbocycles. The van der Waals surface area contributed by atoms with Crippen LogP contribution in [0.1, 0.15) is 19.3 Å². The van der Waals surface area contributed by atoms with Gasteiger partial charge in [0.2, 0.25) is 5.88 Å². The number of allylic oxidation sites excluding steroid dienone is 2. The maximum Gasteiger partial charge on any atom is 0.344 e. The molecule has 0 N–H and O–H groups in total. The molecule has 1 heterocycles. The van der Waals surface area contributed by atoms with Crippen LogP contribution in [0.15, 0.2) is 60.8 Å². The molecule has 0 saturated heterocycles. The second kappa shape index (κ2) is 8.87. The van der Waals surface area contributed by atoms with Crippen LogP contribution in [0.3, 0.4) is 0 Å². The lowest BCUT2D eigenvalue weighted by atomic mass is 9.95. The summed E-state index contributed by atoms with van der Waals surface area (Å²) in [4.78, 5) is 15.9. The fraction of sp³-hybridized carbons (Fsp3) is 0.300. The lowest BCUT2D eigenvalue weighted by molar-refractivity contribution is -0.147. The Hall–Kier alpha value is -2.82. The first kappa shape index (κ1) is 17.0. The van der Waals surface area contributed by atoms with Gasteiger partial charge in [-0.1, -0.05) is 18.2 Å². The first-order valence-corrected chi connectivity index (χ1v) is 8.42. The Bertz CT molecular complexity index is 697. The van der Waals surface area contributed by atoms with Crippen LogP contribution in [0.4, 0.5) is 0 Å². The summed E-state index contributed by atoms with van der Waals surface area (Å²) < 4.78 is 16.3. The van der Waals surface area contributed by atoms with Gasteiger partial charge < -0.3 is 14.2 Å². The molecule has 5 nitrogen and oxygen atoms in total. The molecule has 25 heavy (non-hydrogen) atoms. The number of pyridine rings is 1. The van der Waals surface area contributed by atoms with Gasteiger partial charge in [0.25, 0.3) is 0 Å². The minimum absolute atomic E-state index is 0.0942. The fourth-order valence-corrected chi connectivity index (χ4v) is 2.53. The lowest BCUT2D eigenvalue weighted by Gasteiger charge is -2.17. The molecule has 0 aliphatic heterocycles. The first-order valence-electron chi connectivity index (χ1n) is 8.42. The van der Waals surface area contributed by atoms with E-state index in [1.165, 1.54) is 0 Å². The number of hydrogen-bond acceptors (Lipinski definition) is 5. The number of nitrogens with zero attached hydrogens (tertiary/aromatic N) is 1. The molecular formula is C20H21NO4. The van der Waals surface area contributed by atoms with Gasteiger partial charge in [0.05, 0.1) is 6.61 Å². The zero-order valence-corrected chi connectivity index (χ0v) is 14.0. The van der Waals surface area contributed by atoms with E-state index in [0.29, 0.717) is 29.9 Å². The molecule has 1 aliphatic rings. The van der Waals surface area contributed by atoms with Crippen molar-refractivity contribution in [2.75, 3.05) is 13.2 Å². The molecule has 1 aliphatic carbocycles. The van der Waals surface area contributed by atoms with Gasteiger partial charge >= 0.3 is 5.97 Å².